The Morgan fingerprint density at radius 2 is 1.83 bits per heavy atom. The molecule has 192 valence electrons. The van der Waals surface area contributed by atoms with Crippen LogP contribution < -0.4 is 14.2 Å². The van der Waals surface area contributed by atoms with Gasteiger partial charge in [0.15, 0.2) is 5.82 Å². The molecular weight excluding hydrogens is 470 g/mol. The number of hydrogen-bond donors (Lipinski definition) is 2. The third-order valence-corrected chi connectivity index (χ3v) is 7.79. The molecule has 1 saturated carbocycles. The van der Waals surface area contributed by atoms with Gasteiger partial charge in [0, 0.05) is 26.5 Å². The van der Waals surface area contributed by atoms with E-state index in [2.05, 4.69) is 19.9 Å². The summed E-state index contributed by atoms with van der Waals surface area (Å²) < 4.78 is 41.9. The van der Waals surface area contributed by atoms with Gasteiger partial charge in [-0.2, -0.15) is 0 Å². The second-order valence-corrected chi connectivity index (χ2v) is 10.5. The number of nitrogens with zero attached hydrogens (tertiary/aromatic N) is 4. The molecule has 1 aliphatic carbocycles. The third-order valence-electron chi connectivity index (χ3n) is 6.07. The minimum atomic E-state index is -3.70. The lowest BCUT2D eigenvalue weighted by molar-refractivity contribution is 0.294. The van der Waals surface area contributed by atoms with Gasteiger partial charge in [0.1, 0.15) is 17.2 Å². The number of aliphatic hydroxyl groups is 1. The Balaban J connectivity index is 0.00000148. The van der Waals surface area contributed by atoms with Gasteiger partial charge >= 0.3 is 0 Å². The minimum absolute atomic E-state index is 0. The summed E-state index contributed by atoms with van der Waals surface area (Å²) in [6, 6.07) is 7.25. The molecule has 1 aliphatic rings. The van der Waals surface area contributed by atoms with E-state index in [-0.39, 0.29) is 7.37 Å². The van der Waals surface area contributed by atoms with Gasteiger partial charge in [0.05, 0.1) is 19.5 Å². The number of aryl methyl sites for hydroxylation is 1. The fourth-order valence-corrected chi connectivity index (χ4v) is 5.14. The number of rotatable bonds is 9. The molecule has 0 radical (unpaired) electrons. The molecule has 0 unspecified atom stereocenters. The first-order valence-corrected chi connectivity index (χ1v) is 12.9. The molecule has 10 nitrogen and oxygen atoms in total. The molecule has 2 N–H and O–H groups in total. The molecule has 3 aromatic rings. The second-order valence-electron chi connectivity index (χ2n) is 8.44. The van der Waals surface area contributed by atoms with Crippen LogP contribution in [0.15, 0.2) is 36.7 Å². The Labute approximate surface area is 207 Å². The number of benzene rings is 1. The van der Waals surface area contributed by atoms with Crippen molar-refractivity contribution in [1.29, 1.82) is 0 Å². The van der Waals surface area contributed by atoms with Crippen LogP contribution in [-0.4, -0.2) is 59.9 Å². The van der Waals surface area contributed by atoms with E-state index >= 15 is 0 Å². The normalized spacial score (nSPS) is 14.3. The number of nitrogens with one attached hydrogen (secondary N) is 1. The summed E-state index contributed by atoms with van der Waals surface area (Å²) in [7, 11) is 0.384. The van der Waals surface area contributed by atoms with Crippen molar-refractivity contribution < 1.29 is 24.4 Å². The van der Waals surface area contributed by atoms with Gasteiger partial charge in [-0.1, -0.05) is 25.3 Å². The van der Waals surface area contributed by atoms with Crippen molar-refractivity contribution in [3.8, 4) is 28.6 Å². The fraction of sp³-hybridized carbons (Fsp3) is 0.458. The number of anilines is 1. The number of aromatic nitrogens is 4. The molecule has 0 spiro atoms. The van der Waals surface area contributed by atoms with Crippen LogP contribution >= 0.6 is 0 Å². The van der Waals surface area contributed by atoms with E-state index in [9.17, 15) is 8.42 Å². The number of ether oxygens (including phenoxy) is 2. The summed E-state index contributed by atoms with van der Waals surface area (Å²) >= 11 is 0. The first-order valence-electron chi connectivity index (χ1n) is 11.4. The van der Waals surface area contributed by atoms with Crippen molar-refractivity contribution in [2.24, 2.45) is 5.92 Å². The number of methoxy groups -OCH3 is 2. The summed E-state index contributed by atoms with van der Waals surface area (Å²) in [6.07, 6.45) is 7.35. The van der Waals surface area contributed by atoms with E-state index in [1.807, 2.05) is 13.0 Å². The van der Waals surface area contributed by atoms with Gasteiger partial charge in [-0.25, -0.2) is 8.42 Å². The molecule has 1 atom stereocenters. The van der Waals surface area contributed by atoms with Crippen LogP contribution in [0.3, 0.4) is 0 Å². The summed E-state index contributed by atoms with van der Waals surface area (Å²) in [6.45, 7) is 3.66. The standard InChI is InChI=1S/C23H29N5O4S.CH4O.H2/c1-15-11-18(14-24-13-15)22-25-26-23(27-33(29,30)16(2)12-17-7-5-8-17)28(22)21-19(31-3)9-6-10-20(21)32-4;1-2;/h6,9-11,13-14,16-17H,5,7-8,12H2,1-4H3,(H,26,27);2H,1H3;1H/t16-;;/m1../s1. The van der Waals surface area contributed by atoms with Gasteiger partial charge in [-0.15, -0.1) is 10.2 Å². The molecule has 0 aliphatic heterocycles. The van der Waals surface area contributed by atoms with E-state index in [0.717, 1.165) is 25.5 Å². The van der Waals surface area contributed by atoms with Crippen molar-refractivity contribution in [3.05, 3.63) is 42.2 Å². The van der Waals surface area contributed by atoms with Crippen LogP contribution in [0.1, 0.15) is 39.6 Å². The maximum Gasteiger partial charge on any atom is 0.243 e. The summed E-state index contributed by atoms with van der Waals surface area (Å²) in [5.41, 5.74) is 2.11. The molecule has 0 bridgehead atoms. The highest BCUT2D eigenvalue weighted by Crippen LogP contribution is 2.38. The average molecular weight is 506 g/mol. The van der Waals surface area contributed by atoms with Crippen molar-refractivity contribution in [2.75, 3.05) is 26.1 Å². The maximum absolute atomic E-state index is 13.2. The quantitative estimate of drug-likeness (QED) is 0.449. The van der Waals surface area contributed by atoms with Crippen molar-refractivity contribution in [2.45, 2.75) is 44.8 Å². The molecule has 11 heteroatoms. The minimum Gasteiger partial charge on any atom is -0.494 e. The van der Waals surface area contributed by atoms with Gasteiger partial charge in [-0.05, 0) is 49.9 Å². The number of para-hydroxylation sites is 1. The largest absolute Gasteiger partial charge is 0.494 e. The third kappa shape index (κ3) is 5.73. The highest BCUT2D eigenvalue weighted by Gasteiger charge is 2.30. The topological polar surface area (TPSA) is 128 Å². The Kier molecular flexibility index (Phi) is 8.68. The molecule has 4 rings (SSSR count). The SMILES string of the molecule is CO.COc1cccc(OC)c1-n1c(NS(=O)(=O)[C@H](C)CC2CCC2)nnc1-c1cncc(C)c1.[HH]. The van der Waals surface area contributed by atoms with Crippen LogP contribution in [0.25, 0.3) is 17.1 Å². The fourth-order valence-electron chi connectivity index (χ4n) is 4.03. The van der Waals surface area contributed by atoms with Crippen molar-refractivity contribution in [1.82, 2.24) is 19.7 Å². The first-order chi connectivity index (χ1) is 16.8. The van der Waals surface area contributed by atoms with Gasteiger partial charge in [-0.3, -0.25) is 14.3 Å². The number of pyridine rings is 1. The molecule has 1 aromatic carbocycles. The van der Waals surface area contributed by atoms with Gasteiger partial charge in [0.25, 0.3) is 0 Å². The van der Waals surface area contributed by atoms with E-state index in [0.29, 0.717) is 40.9 Å². The molecule has 2 aromatic heterocycles. The monoisotopic (exact) mass is 505 g/mol. The maximum atomic E-state index is 13.2. The molecular formula is C24H35N5O5S. The van der Waals surface area contributed by atoms with Crippen LogP contribution in [0, 0.1) is 12.8 Å². The smallest absolute Gasteiger partial charge is 0.243 e. The lowest BCUT2D eigenvalue weighted by atomic mass is 9.82. The van der Waals surface area contributed by atoms with Crippen LogP contribution in [0.2, 0.25) is 0 Å². The van der Waals surface area contributed by atoms with Crippen LogP contribution in [-0.2, 0) is 10.0 Å². The molecule has 2 heterocycles. The Hall–Kier alpha value is -3.18. The number of sulfonamides is 1. The average Bonchev–Trinajstić information content (AvgIpc) is 3.24. The Morgan fingerprint density at radius 3 is 2.37 bits per heavy atom. The zero-order valence-corrected chi connectivity index (χ0v) is 21.5. The van der Waals surface area contributed by atoms with Crippen LogP contribution in [0.4, 0.5) is 5.95 Å². The number of hydrogen-bond acceptors (Lipinski definition) is 8. The predicted octanol–water partition coefficient (Wildman–Crippen LogP) is 3.83. The van der Waals surface area contributed by atoms with Crippen LogP contribution in [0.5, 0.6) is 11.5 Å². The Morgan fingerprint density at radius 1 is 1.17 bits per heavy atom. The second kappa shape index (κ2) is 11.5. The zero-order valence-electron chi connectivity index (χ0n) is 20.7. The van der Waals surface area contributed by atoms with Gasteiger partial charge < -0.3 is 14.6 Å². The summed E-state index contributed by atoms with van der Waals surface area (Å²) in [5, 5.41) is 15.0. The molecule has 0 amide bonds. The van der Waals surface area contributed by atoms with E-state index in [4.69, 9.17) is 14.6 Å². The molecule has 0 saturated heterocycles. The zero-order chi connectivity index (χ0) is 25.6. The molecule has 1 fully saturated rings. The molecule has 35 heavy (non-hydrogen) atoms. The van der Waals surface area contributed by atoms with Crippen molar-refractivity contribution in [3.63, 3.8) is 0 Å². The summed E-state index contributed by atoms with van der Waals surface area (Å²) in [4.78, 5) is 4.26. The highest BCUT2D eigenvalue weighted by molar-refractivity contribution is 7.93. The summed E-state index contributed by atoms with van der Waals surface area (Å²) in [5.74, 6) is 1.91. The van der Waals surface area contributed by atoms with Gasteiger partial charge in [0.2, 0.25) is 16.0 Å². The lowest BCUT2D eigenvalue weighted by Crippen LogP contribution is -2.30. The Bertz CT molecular complexity index is 1230. The first kappa shape index (κ1) is 26.4. The predicted molar refractivity (Wildman–Crippen MR) is 137 cm³/mol. The lowest BCUT2D eigenvalue weighted by Gasteiger charge is -2.28. The number of aliphatic hydroxyl groups excluding tert-OH is 1. The van der Waals surface area contributed by atoms with Crippen molar-refractivity contribution >= 4 is 16.0 Å². The van der Waals surface area contributed by atoms with E-state index in [1.54, 1.807) is 56.3 Å². The van der Waals surface area contributed by atoms with E-state index in [1.165, 1.54) is 6.42 Å². The highest BCUT2D eigenvalue weighted by atomic mass is 32.2. The van der Waals surface area contributed by atoms with E-state index < -0.39 is 15.3 Å².